The monoisotopic (exact) mass is 339 g/mol. The first-order chi connectivity index (χ1) is 9.23. The Bertz CT molecular complexity index is 685. The Morgan fingerprint density at radius 2 is 1.85 bits per heavy atom. The molecule has 0 aliphatic heterocycles. The van der Waals surface area contributed by atoms with Gasteiger partial charge in [0, 0.05) is 23.8 Å². The molecular formula is C11H14ClNO5S2. The van der Waals surface area contributed by atoms with E-state index in [1.807, 2.05) is 0 Å². The van der Waals surface area contributed by atoms with Gasteiger partial charge in [-0.3, -0.25) is 0 Å². The maximum atomic E-state index is 12.3. The number of sulfonamides is 1. The van der Waals surface area contributed by atoms with E-state index in [-0.39, 0.29) is 29.5 Å². The molecule has 1 aromatic rings. The van der Waals surface area contributed by atoms with Crippen LogP contribution in [0.25, 0.3) is 0 Å². The summed E-state index contributed by atoms with van der Waals surface area (Å²) in [7, 11) is -2.76. The normalized spacial score (nSPS) is 12.6. The highest BCUT2D eigenvalue weighted by molar-refractivity contribution is 8.13. The van der Waals surface area contributed by atoms with Crippen molar-refractivity contribution in [2.75, 3.05) is 19.7 Å². The second kappa shape index (κ2) is 6.68. The van der Waals surface area contributed by atoms with Crippen molar-refractivity contribution in [1.29, 1.82) is 0 Å². The summed E-state index contributed by atoms with van der Waals surface area (Å²) in [6.07, 6.45) is 1.37. The molecule has 0 saturated heterocycles. The maximum Gasteiger partial charge on any atom is 0.261 e. The molecule has 0 heterocycles. The lowest BCUT2D eigenvalue weighted by molar-refractivity contribution is 0.260. The number of halogens is 1. The summed E-state index contributed by atoms with van der Waals surface area (Å²) in [4.78, 5) is -0.516. The Hall–Kier alpha value is -0.930. The summed E-state index contributed by atoms with van der Waals surface area (Å²) >= 11 is 0. The number of benzene rings is 1. The SMILES string of the molecule is C=CCN(CCO)S(=O)(=O)c1cccc(S(=O)(=O)Cl)c1. The average molecular weight is 340 g/mol. The fourth-order valence-electron chi connectivity index (χ4n) is 1.50. The second-order valence-corrected chi connectivity index (χ2v) is 8.29. The molecule has 0 aromatic heterocycles. The van der Waals surface area contributed by atoms with Gasteiger partial charge in [0.1, 0.15) is 0 Å². The summed E-state index contributed by atoms with van der Waals surface area (Å²) in [6, 6.07) is 4.72. The minimum absolute atomic E-state index is 0.000740. The maximum absolute atomic E-state index is 12.3. The molecule has 0 aliphatic carbocycles. The first-order valence-electron chi connectivity index (χ1n) is 5.50. The molecule has 20 heavy (non-hydrogen) atoms. The van der Waals surface area contributed by atoms with Crippen LogP contribution in [0.2, 0.25) is 0 Å². The quantitative estimate of drug-likeness (QED) is 0.585. The molecule has 0 unspecified atom stereocenters. The molecule has 0 spiro atoms. The molecule has 0 saturated carbocycles. The van der Waals surface area contributed by atoms with E-state index >= 15 is 0 Å². The number of rotatable bonds is 7. The van der Waals surface area contributed by atoms with Crippen LogP contribution in [0.15, 0.2) is 46.7 Å². The Morgan fingerprint density at radius 3 is 2.35 bits per heavy atom. The fourth-order valence-corrected chi connectivity index (χ4v) is 3.82. The zero-order valence-corrected chi connectivity index (χ0v) is 12.8. The minimum atomic E-state index is -4.02. The smallest absolute Gasteiger partial charge is 0.261 e. The lowest BCUT2D eigenvalue weighted by Gasteiger charge is -2.19. The highest BCUT2D eigenvalue weighted by atomic mass is 35.7. The van der Waals surface area contributed by atoms with Gasteiger partial charge in [-0.25, -0.2) is 16.8 Å². The lowest BCUT2D eigenvalue weighted by Crippen LogP contribution is -2.33. The van der Waals surface area contributed by atoms with Crippen LogP contribution in [0.1, 0.15) is 0 Å². The minimum Gasteiger partial charge on any atom is -0.395 e. The van der Waals surface area contributed by atoms with E-state index in [1.165, 1.54) is 24.3 Å². The molecule has 112 valence electrons. The Balaban J connectivity index is 3.30. The van der Waals surface area contributed by atoms with E-state index in [4.69, 9.17) is 15.8 Å². The highest BCUT2D eigenvalue weighted by Crippen LogP contribution is 2.21. The van der Waals surface area contributed by atoms with Gasteiger partial charge in [-0.05, 0) is 18.2 Å². The standard InChI is InChI=1S/C11H14ClNO5S2/c1-2-6-13(7-8-14)20(17,18)11-5-3-4-10(9-11)19(12,15)16/h2-5,9,14H,1,6-8H2. The van der Waals surface area contributed by atoms with Crippen LogP contribution in [0.5, 0.6) is 0 Å². The van der Waals surface area contributed by atoms with Crippen molar-refractivity contribution in [3.05, 3.63) is 36.9 Å². The first-order valence-corrected chi connectivity index (χ1v) is 9.25. The van der Waals surface area contributed by atoms with Crippen LogP contribution >= 0.6 is 10.7 Å². The molecular weight excluding hydrogens is 326 g/mol. The van der Waals surface area contributed by atoms with Crippen molar-refractivity contribution in [3.8, 4) is 0 Å². The fraction of sp³-hybridized carbons (Fsp3) is 0.273. The van der Waals surface area contributed by atoms with Crippen molar-refractivity contribution >= 4 is 29.8 Å². The van der Waals surface area contributed by atoms with Crippen LogP contribution in [-0.2, 0) is 19.1 Å². The lowest BCUT2D eigenvalue weighted by atomic mass is 10.4. The predicted molar refractivity (Wildman–Crippen MR) is 75.5 cm³/mol. The summed E-state index contributed by atoms with van der Waals surface area (Å²) < 4.78 is 48.1. The van der Waals surface area contributed by atoms with Crippen molar-refractivity contribution in [2.45, 2.75) is 9.79 Å². The molecule has 0 aliphatic rings. The van der Waals surface area contributed by atoms with Gasteiger partial charge in [0.25, 0.3) is 9.05 Å². The third-order valence-corrected chi connectivity index (χ3v) is 5.62. The van der Waals surface area contributed by atoms with Gasteiger partial charge in [0.15, 0.2) is 0 Å². The molecule has 1 rings (SSSR count). The molecule has 0 amide bonds. The van der Waals surface area contributed by atoms with E-state index in [1.54, 1.807) is 0 Å². The molecule has 9 heteroatoms. The van der Waals surface area contributed by atoms with Gasteiger partial charge >= 0.3 is 0 Å². The van der Waals surface area contributed by atoms with Gasteiger partial charge in [0.05, 0.1) is 16.4 Å². The third-order valence-electron chi connectivity index (χ3n) is 2.41. The molecule has 0 bridgehead atoms. The summed E-state index contributed by atoms with van der Waals surface area (Å²) in [5.74, 6) is 0. The topological polar surface area (TPSA) is 91.8 Å². The van der Waals surface area contributed by atoms with Gasteiger partial charge in [-0.1, -0.05) is 12.1 Å². The van der Waals surface area contributed by atoms with Crippen molar-refractivity contribution in [1.82, 2.24) is 4.31 Å². The third kappa shape index (κ3) is 4.03. The number of aliphatic hydroxyl groups excluding tert-OH is 1. The second-order valence-electron chi connectivity index (χ2n) is 3.79. The van der Waals surface area contributed by atoms with E-state index < -0.39 is 19.1 Å². The van der Waals surface area contributed by atoms with Crippen LogP contribution in [0, 0.1) is 0 Å². The van der Waals surface area contributed by atoms with Crippen LogP contribution < -0.4 is 0 Å². The molecule has 0 radical (unpaired) electrons. The zero-order valence-electron chi connectivity index (χ0n) is 10.4. The van der Waals surface area contributed by atoms with Crippen molar-refractivity contribution < 1.29 is 21.9 Å². The highest BCUT2D eigenvalue weighted by Gasteiger charge is 2.24. The van der Waals surface area contributed by atoms with Crippen LogP contribution in [0.4, 0.5) is 0 Å². The van der Waals surface area contributed by atoms with Crippen molar-refractivity contribution in [2.24, 2.45) is 0 Å². The number of hydrogen-bond donors (Lipinski definition) is 1. The van der Waals surface area contributed by atoms with E-state index in [0.29, 0.717) is 0 Å². The van der Waals surface area contributed by atoms with Crippen molar-refractivity contribution in [3.63, 3.8) is 0 Å². The van der Waals surface area contributed by atoms with Gasteiger partial charge in [-0.15, -0.1) is 6.58 Å². The molecule has 1 N–H and O–H groups in total. The van der Waals surface area contributed by atoms with Gasteiger partial charge < -0.3 is 5.11 Å². The zero-order chi connectivity index (χ0) is 15.4. The number of aliphatic hydroxyl groups is 1. The van der Waals surface area contributed by atoms with Crippen LogP contribution in [-0.4, -0.2) is 45.9 Å². The Morgan fingerprint density at radius 1 is 1.25 bits per heavy atom. The van der Waals surface area contributed by atoms with Gasteiger partial charge in [-0.2, -0.15) is 4.31 Å². The number of nitrogens with zero attached hydrogens (tertiary/aromatic N) is 1. The van der Waals surface area contributed by atoms with Gasteiger partial charge in [0.2, 0.25) is 10.0 Å². The first kappa shape index (κ1) is 17.1. The van der Waals surface area contributed by atoms with Crippen LogP contribution in [0.3, 0.4) is 0 Å². The predicted octanol–water partition coefficient (Wildman–Crippen LogP) is 0.783. The summed E-state index contributed by atoms with van der Waals surface area (Å²) in [6.45, 7) is 2.96. The van der Waals surface area contributed by atoms with E-state index in [9.17, 15) is 16.8 Å². The average Bonchev–Trinajstić information content (AvgIpc) is 2.37. The van der Waals surface area contributed by atoms with E-state index in [0.717, 1.165) is 10.4 Å². The molecule has 1 aromatic carbocycles. The summed E-state index contributed by atoms with van der Waals surface area (Å²) in [5.41, 5.74) is 0. The molecule has 0 atom stereocenters. The summed E-state index contributed by atoms with van der Waals surface area (Å²) in [5, 5.41) is 8.90. The Labute approximate surface area is 122 Å². The molecule has 6 nitrogen and oxygen atoms in total. The van der Waals surface area contributed by atoms with E-state index in [2.05, 4.69) is 6.58 Å². The Kier molecular flexibility index (Phi) is 5.72. The number of hydrogen-bond acceptors (Lipinski definition) is 5. The molecule has 0 fully saturated rings. The largest absolute Gasteiger partial charge is 0.395 e.